The molecular weight excluding hydrogens is 733 g/mol. The van der Waals surface area contributed by atoms with Crippen LogP contribution in [0.4, 0.5) is 34.1 Å². The van der Waals surface area contributed by atoms with Crippen LogP contribution in [0, 0.1) is 0 Å². The third kappa shape index (κ3) is 6.12. The van der Waals surface area contributed by atoms with Crippen LogP contribution >= 0.6 is 11.3 Å². The maximum Gasteiger partial charge on any atom is 0.0540 e. The Balaban J connectivity index is 1.05. The minimum Gasteiger partial charge on any atom is -0.311 e. The van der Waals surface area contributed by atoms with Crippen molar-refractivity contribution < 1.29 is 0 Å². The zero-order valence-electron chi connectivity index (χ0n) is 32.2. The molecular formula is C56H38N2S. The molecule has 0 fully saturated rings. The highest BCUT2D eigenvalue weighted by Crippen LogP contribution is 2.50. The number of hydrogen-bond donors (Lipinski definition) is 0. The molecule has 2 nitrogen and oxygen atoms in total. The lowest BCUT2D eigenvalue weighted by Crippen LogP contribution is -2.12. The first-order valence-corrected chi connectivity index (χ1v) is 20.9. The summed E-state index contributed by atoms with van der Waals surface area (Å²) in [6.07, 6.45) is 0. The Morgan fingerprint density at radius 2 is 0.746 bits per heavy atom. The van der Waals surface area contributed by atoms with Gasteiger partial charge in [-0.3, -0.25) is 0 Å². The molecule has 3 heteroatoms. The molecule has 0 spiro atoms. The molecule has 0 aliphatic rings. The highest BCUT2D eigenvalue weighted by Gasteiger charge is 2.22. The first-order valence-electron chi connectivity index (χ1n) is 20.1. The van der Waals surface area contributed by atoms with E-state index in [1.807, 2.05) is 11.3 Å². The molecule has 59 heavy (non-hydrogen) atoms. The number of fused-ring (bicyclic) bond motifs is 6. The summed E-state index contributed by atoms with van der Waals surface area (Å²) in [5.74, 6) is 0. The molecule has 0 saturated carbocycles. The average molecular weight is 771 g/mol. The van der Waals surface area contributed by atoms with Crippen molar-refractivity contribution in [1.82, 2.24) is 0 Å². The molecule has 0 radical (unpaired) electrons. The van der Waals surface area contributed by atoms with Crippen molar-refractivity contribution in [3.8, 4) is 22.3 Å². The second-order valence-corrected chi connectivity index (χ2v) is 15.9. The van der Waals surface area contributed by atoms with Crippen molar-refractivity contribution in [3.63, 3.8) is 0 Å². The summed E-state index contributed by atoms with van der Waals surface area (Å²) >= 11 is 1.90. The maximum atomic E-state index is 2.36. The van der Waals surface area contributed by atoms with Gasteiger partial charge in [0, 0.05) is 59.6 Å². The number of thiophene rings is 1. The second-order valence-electron chi connectivity index (χ2n) is 14.9. The molecule has 11 aromatic rings. The van der Waals surface area contributed by atoms with Crippen molar-refractivity contribution in [2.24, 2.45) is 0 Å². The molecule has 0 aliphatic carbocycles. The molecule has 1 heterocycles. The smallest absolute Gasteiger partial charge is 0.0540 e. The Bertz CT molecular complexity index is 3240. The number of hydrogen-bond acceptors (Lipinski definition) is 3. The van der Waals surface area contributed by atoms with Crippen molar-refractivity contribution in [3.05, 3.63) is 231 Å². The van der Waals surface area contributed by atoms with Crippen LogP contribution < -0.4 is 9.80 Å². The van der Waals surface area contributed by atoms with Crippen molar-refractivity contribution in [2.75, 3.05) is 9.80 Å². The van der Waals surface area contributed by atoms with Crippen LogP contribution in [-0.2, 0) is 0 Å². The van der Waals surface area contributed by atoms with Crippen LogP contribution in [0.3, 0.4) is 0 Å². The van der Waals surface area contributed by atoms with E-state index >= 15 is 0 Å². The highest BCUT2D eigenvalue weighted by molar-refractivity contribution is 7.26. The maximum absolute atomic E-state index is 2.36. The lowest BCUT2D eigenvalue weighted by molar-refractivity contribution is 1.26. The molecule has 0 atom stereocenters. The molecule has 0 unspecified atom stereocenters. The summed E-state index contributed by atoms with van der Waals surface area (Å²) in [4.78, 5) is 4.71. The van der Waals surface area contributed by atoms with Crippen LogP contribution in [0.5, 0.6) is 0 Å². The average Bonchev–Trinajstić information content (AvgIpc) is 3.70. The third-order valence-corrected chi connectivity index (χ3v) is 12.6. The van der Waals surface area contributed by atoms with Crippen LogP contribution in [0.1, 0.15) is 0 Å². The Morgan fingerprint density at radius 3 is 1.42 bits per heavy atom. The van der Waals surface area contributed by atoms with Gasteiger partial charge in [0.2, 0.25) is 0 Å². The van der Waals surface area contributed by atoms with E-state index in [-0.39, 0.29) is 0 Å². The van der Waals surface area contributed by atoms with E-state index in [0.29, 0.717) is 0 Å². The molecule has 1 aromatic heterocycles. The van der Waals surface area contributed by atoms with E-state index in [1.165, 1.54) is 64.0 Å². The minimum absolute atomic E-state index is 1.08. The van der Waals surface area contributed by atoms with Crippen LogP contribution in [0.15, 0.2) is 231 Å². The Labute approximate surface area is 348 Å². The van der Waals surface area contributed by atoms with Crippen molar-refractivity contribution >= 4 is 87.2 Å². The normalized spacial score (nSPS) is 11.4. The van der Waals surface area contributed by atoms with E-state index in [9.17, 15) is 0 Å². The van der Waals surface area contributed by atoms with Gasteiger partial charge in [0.1, 0.15) is 0 Å². The molecule has 10 aromatic carbocycles. The van der Waals surface area contributed by atoms with E-state index in [4.69, 9.17) is 0 Å². The summed E-state index contributed by atoms with van der Waals surface area (Å²) < 4.78 is 2.64. The lowest BCUT2D eigenvalue weighted by atomic mass is 9.87. The van der Waals surface area contributed by atoms with Gasteiger partial charge in [0.05, 0.1) is 5.69 Å². The quantitative estimate of drug-likeness (QED) is 0.152. The predicted octanol–water partition coefficient (Wildman–Crippen LogP) is 16.6. The topological polar surface area (TPSA) is 6.48 Å². The fourth-order valence-electron chi connectivity index (χ4n) is 8.80. The zero-order valence-corrected chi connectivity index (χ0v) is 33.1. The summed E-state index contributed by atoms with van der Waals surface area (Å²) in [5, 5.41) is 7.64. The molecule has 0 amide bonds. The van der Waals surface area contributed by atoms with Gasteiger partial charge in [-0.1, -0.05) is 158 Å². The van der Waals surface area contributed by atoms with Crippen molar-refractivity contribution in [1.29, 1.82) is 0 Å². The van der Waals surface area contributed by atoms with E-state index < -0.39 is 0 Å². The van der Waals surface area contributed by atoms with Crippen LogP contribution in [-0.4, -0.2) is 0 Å². The Kier molecular flexibility index (Phi) is 8.72. The molecule has 0 bridgehead atoms. The molecule has 0 aliphatic heterocycles. The SMILES string of the molecule is c1ccc(-c2c(-c3ccc(N(c4ccccc4)c4ccc(N(c5ccccc5)c5cccc6ccccc56)cc4)cc3)c3ccccc3c3c2sc2ccccc23)cc1. The van der Waals surface area contributed by atoms with Gasteiger partial charge in [-0.05, 0) is 106 Å². The lowest BCUT2D eigenvalue weighted by Gasteiger charge is -2.29. The first-order chi connectivity index (χ1) is 29.3. The van der Waals surface area contributed by atoms with E-state index in [2.05, 4.69) is 240 Å². The van der Waals surface area contributed by atoms with Gasteiger partial charge in [-0.25, -0.2) is 0 Å². The fraction of sp³-hybridized carbons (Fsp3) is 0. The van der Waals surface area contributed by atoms with Gasteiger partial charge < -0.3 is 9.80 Å². The number of benzene rings is 10. The number of rotatable bonds is 8. The van der Waals surface area contributed by atoms with Gasteiger partial charge in [-0.2, -0.15) is 0 Å². The van der Waals surface area contributed by atoms with E-state index in [1.54, 1.807) is 0 Å². The Hall–Kier alpha value is -7.46. The fourth-order valence-corrected chi connectivity index (χ4v) is 10.1. The first kappa shape index (κ1) is 34.8. The number of nitrogens with zero attached hydrogens (tertiary/aromatic N) is 2. The second kappa shape index (κ2) is 14.8. The van der Waals surface area contributed by atoms with Gasteiger partial charge in [0.25, 0.3) is 0 Å². The largest absolute Gasteiger partial charge is 0.311 e. The summed E-state index contributed by atoms with van der Waals surface area (Å²) in [7, 11) is 0. The summed E-state index contributed by atoms with van der Waals surface area (Å²) in [5.41, 5.74) is 11.6. The van der Waals surface area contributed by atoms with Gasteiger partial charge in [0.15, 0.2) is 0 Å². The monoisotopic (exact) mass is 770 g/mol. The van der Waals surface area contributed by atoms with Crippen molar-refractivity contribution in [2.45, 2.75) is 0 Å². The molecule has 11 rings (SSSR count). The number of para-hydroxylation sites is 2. The molecule has 278 valence electrons. The van der Waals surface area contributed by atoms with Crippen LogP contribution in [0.25, 0.3) is 64.0 Å². The predicted molar refractivity (Wildman–Crippen MR) is 255 cm³/mol. The molecule has 0 saturated heterocycles. The number of anilines is 6. The van der Waals surface area contributed by atoms with E-state index in [0.717, 1.165) is 34.1 Å². The molecule has 0 N–H and O–H groups in total. The van der Waals surface area contributed by atoms with Gasteiger partial charge >= 0.3 is 0 Å². The summed E-state index contributed by atoms with van der Waals surface area (Å²) in [6.45, 7) is 0. The third-order valence-electron chi connectivity index (χ3n) is 11.4. The summed E-state index contributed by atoms with van der Waals surface area (Å²) in [6, 6.07) is 83.3. The Morgan fingerprint density at radius 1 is 0.288 bits per heavy atom. The zero-order chi connectivity index (χ0) is 39.1. The van der Waals surface area contributed by atoms with Crippen LogP contribution in [0.2, 0.25) is 0 Å². The standard InChI is InChI=1S/C56H38N2S/c1-4-18-40(19-5-1)54-53(48-26-12-13-27-49(48)55-50-28-14-15-30-52(50)59-56(54)55)41-31-33-44(34-32-41)57(42-21-6-2-7-22-42)45-35-37-46(38-36-45)58(43-23-8-3-9-24-43)51-29-16-20-39-17-10-11-25-47(39)51/h1-38H. The van der Waals surface area contributed by atoms with Gasteiger partial charge in [-0.15, -0.1) is 11.3 Å². The minimum atomic E-state index is 1.08. The highest BCUT2D eigenvalue weighted by atomic mass is 32.1.